The number of aliphatic hydroxyl groups excluding tert-OH is 3. The molecule has 1 radical (unpaired) electrons. The van der Waals surface area contributed by atoms with E-state index in [1.807, 2.05) is 86.5 Å². The molecule has 9 heteroatoms. The highest BCUT2D eigenvalue weighted by Crippen LogP contribution is 2.33. The van der Waals surface area contributed by atoms with Crippen molar-refractivity contribution in [3.8, 4) is 11.5 Å². The summed E-state index contributed by atoms with van der Waals surface area (Å²) in [5.74, 6) is 1.41. The molecule has 3 N–H and O–H groups in total. The van der Waals surface area contributed by atoms with E-state index in [4.69, 9.17) is 14.1 Å². The summed E-state index contributed by atoms with van der Waals surface area (Å²) in [7, 11) is 9.12. The van der Waals surface area contributed by atoms with Crippen molar-refractivity contribution in [3.63, 3.8) is 0 Å². The van der Waals surface area contributed by atoms with E-state index in [2.05, 4.69) is 13.8 Å². The first-order valence-corrected chi connectivity index (χ1v) is 12.7. The maximum atomic E-state index is 10.1. The number of rotatable bonds is 17. The fourth-order valence-electron chi connectivity index (χ4n) is 3.86. The summed E-state index contributed by atoms with van der Waals surface area (Å²) in [6.07, 6.45) is -1.49. The van der Waals surface area contributed by atoms with Gasteiger partial charge in [0.2, 0.25) is 0 Å². The number of likely N-dealkylation sites (N-methyl/N-ethyl adjacent to an activating group) is 2. The van der Waals surface area contributed by atoms with Crippen molar-refractivity contribution in [2.24, 2.45) is 0 Å². The molecule has 0 amide bonds. The van der Waals surface area contributed by atoms with E-state index in [-0.39, 0.29) is 25.2 Å². The molecule has 0 aliphatic carbocycles. The average molecular weight is 515 g/mol. The van der Waals surface area contributed by atoms with Gasteiger partial charge in [0.1, 0.15) is 30.8 Å². The Bertz CT molecular complexity index is 893. The molecule has 8 nitrogen and oxygen atoms in total. The summed E-state index contributed by atoms with van der Waals surface area (Å²) in [4.78, 5) is 3.81. The van der Waals surface area contributed by atoms with Crippen LogP contribution in [-0.2, 0) is 10.1 Å². The molecule has 3 unspecified atom stereocenters. The summed E-state index contributed by atoms with van der Waals surface area (Å²) in [6.45, 7) is 5.99. The summed E-state index contributed by atoms with van der Waals surface area (Å²) < 4.78 is 16.8. The van der Waals surface area contributed by atoms with Gasteiger partial charge in [-0.3, -0.25) is 0 Å². The van der Waals surface area contributed by atoms with E-state index in [1.54, 1.807) is 0 Å². The minimum atomic E-state index is -0.702. The summed E-state index contributed by atoms with van der Waals surface area (Å²) in [6, 6.07) is 15.8. The van der Waals surface area contributed by atoms with Gasteiger partial charge in [0.15, 0.2) is 0 Å². The minimum absolute atomic E-state index is 0.146. The summed E-state index contributed by atoms with van der Waals surface area (Å²) in [5, 5.41) is 29.9. The lowest BCUT2D eigenvalue weighted by atomic mass is 9.78. The van der Waals surface area contributed by atoms with E-state index in [9.17, 15) is 15.3 Å². The quantitative estimate of drug-likeness (QED) is 0.218. The molecule has 2 aromatic rings. The molecule has 2 rings (SSSR count). The molecule has 0 aliphatic rings. The Morgan fingerprint density at radius 2 is 1.08 bits per heavy atom. The highest BCUT2D eigenvalue weighted by molar-refractivity contribution is 6.27. The third-order valence-electron chi connectivity index (χ3n) is 5.96. The van der Waals surface area contributed by atoms with Crippen LogP contribution in [0, 0.1) is 0 Å². The van der Waals surface area contributed by atoms with Gasteiger partial charge < -0.3 is 39.2 Å². The Morgan fingerprint density at radius 1 is 0.676 bits per heavy atom. The average Bonchev–Trinajstić information content (AvgIpc) is 2.84. The van der Waals surface area contributed by atoms with Crippen molar-refractivity contribution < 1.29 is 29.4 Å². The summed E-state index contributed by atoms with van der Waals surface area (Å²) in [5.41, 5.74) is 2.04. The minimum Gasteiger partial charge on any atom is -0.491 e. The Hall–Kier alpha value is -2.14. The van der Waals surface area contributed by atoms with Crippen molar-refractivity contribution >= 4 is 7.48 Å². The second kappa shape index (κ2) is 15.3. The Morgan fingerprint density at radius 3 is 1.51 bits per heavy atom. The van der Waals surface area contributed by atoms with Crippen molar-refractivity contribution in [2.45, 2.75) is 43.9 Å². The van der Waals surface area contributed by atoms with Gasteiger partial charge >= 0.3 is 0 Å². The zero-order valence-electron chi connectivity index (χ0n) is 23.1. The van der Waals surface area contributed by atoms with Crippen LogP contribution < -0.4 is 9.47 Å². The third kappa shape index (κ3) is 11.4. The van der Waals surface area contributed by atoms with Gasteiger partial charge in [0, 0.05) is 18.5 Å². The summed E-state index contributed by atoms with van der Waals surface area (Å²) >= 11 is 0. The van der Waals surface area contributed by atoms with Crippen LogP contribution in [0.3, 0.4) is 0 Å². The van der Waals surface area contributed by atoms with E-state index in [1.165, 1.54) is 7.48 Å². The number of nitrogens with zero attached hydrogens (tertiary/aromatic N) is 2. The van der Waals surface area contributed by atoms with Crippen molar-refractivity contribution in [1.29, 1.82) is 0 Å². The fourth-order valence-corrected chi connectivity index (χ4v) is 3.86. The molecular weight excluding hydrogens is 471 g/mol. The van der Waals surface area contributed by atoms with Crippen LogP contribution in [0.25, 0.3) is 0 Å². The molecule has 0 spiro atoms. The molecule has 0 bridgehead atoms. The molecule has 3 atom stereocenters. The lowest BCUT2D eigenvalue weighted by Crippen LogP contribution is -2.30. The molecular formula is C28H44BN2O6. The van der Waals surface area contributed by atoms with Crippen LogP contribution in [0.15, 0.2) is 48.5 Å². The zero-order valence-corrected chi connectivity index (χ0v) is 23.1. The predicted molar refractivity (Wildman–Crippen MR) is 148 cm³/mol. The van der Waals surface area contributed by atoms with Gasteiger partial charge in [0.05, 0.1) is 18.8 Å². The van der Waals surface area contributed by atoms with Gasteiger partial charge in [0.25, 0.3) is 7.48 Å². The van der Waals surface area contributed by atoms with Gasteiger partial charge in [-0.1, -0.05) is 38.1 Å². The maximum absolute atomic E-state index is 10.1. The predicted octanol–water partition coefficient (Wildman–Crippen LogP) is 2.03. The lowest BCUT2D eigenvalue weighted by molar-refractivity contribution is 0.0809. The Balaban J connectivity index is 1.80. The Labute approximate surface area is 223 Å². The Kier molecular flexibility index (Phi) is 12.9. The topological polar surface area (TPSA) is 94.9 Å². The molecule has 0 aliphatic heterocycles. The standard InChI is InChI=1S/C28H44BN2O6/c1-28(2,22-9-13-27(14-10-22)36-19-24(33)16-30(3)4)21-7-11-26(12-8-21)35-18-23(32)15-29-37-20-25(34)17-31(5)6/h7-14,23-25,32-34H,15-20H2,1-6H3. The first-order chi connectivity index (χ1) is 17.5. The van der Waals surface area contributed by atoms with Crippen LogP contribution in [0.1, 0.15) is 25.0 Å². The van der Waals surface area contributed by atoms with Gasteiger partial charge in [-0.25, -0.2) is 0 Å². The van der Waals surface area contributed by atoms with E-state index < -0.39 is 18.3 Å². The van der Waals surface area contributed by atoms with Gasteiger partial charge in [-0.15, -0.1) is 0 Å². The van der Waals surface area contributed by atoms with E-state index in [0.717, 1.165) is 16.9 Å². The molecule has 0 saturated heterocycles. The van der Waals surface area contributed by atoms with Crippen molar-refractivity contribution in [1.82, 2.24) is 9.80 Å². The van der Waals surface area contributed by atoms with Crippen LogP contribution in [0.2, 0.25) is 6.32 Å². The molecule has 205 valence electrons. The molecule has 2 aromatic carbocycles. The second-order valence-corrected chi connectivity index (χ2v) is 10.5. The highest BCUT2D eigenvalue weighted by atomic mass is 16.5. The molecule has 0 saturated carbocycles. The SMILES string of the molecule is CN(C)CC(O)CO[B]CC(O)COc1ccc(C(C)(C)c2ccc(OCC(O)CN(C)C)cc2)cc1. The largest absolute Gasteiger partial charge is 0.491 e. The van der Waals surface area contributed by atoms with Crippen LogP contribution in [-0.4, -0.2) is 112 Å². The smallest absolute Gasteiger partial charge is 0.295 e. The molecule has 37 heavy (non-hydrogen) atoms. The van der Waals surface area contributed by atoms with E-state index >= 15 is 0 Å². The first kappa shape index (κ1) is 31.1. The highest BCUT2D eigenvalue weighted by Gasteiger charge is 2.23. The second-order valence-electron chi connectivity index (χ2n) is 10.5. The lowest BCUT2D eigenvalue weighted by Gasteiger charge is -2.26. The fraction of sp³-hybridized carbons (Fsp3) is 0.571. The molecule has 0 aromatic heterocycles. The maximum Gasteiger partial charge on any atom is 0.295 e. The molecule has 0 fully saturated rings. The number of aliphatic hydroxyl groups is 3. The van der Waals surface area contributed by atoms with E-state index in [0.29, 0.717) is 25.2 Å². The van der Waals surface area contributed by atoms with Gasteiger partial charge in [-0.2, -0.15) is 0 Å². The van der Waals surface area contributed by atoms with Crippen LogP contribution in [0.4, 0.5) is 0 Å². The zero-order chi connectivity index (χ0) is 27.4. The number of ether oxygens (including phenoxy) is 2. The third-order valence-corrected chi connectivity index (χ3v) is 5.96. The van der Waals surface area contributed by atoms with Gasteiger partial charge in [-0.05, 0) is 69.9 Å². The van der Waals surface area contributed by atoms with Crippen LogP contribution in [0.5, 0.6) is 11.5 Å². The van der Waals surface area contributed by atoms with Crippen molar-refractivity contribution in [3.05, 3.63) is 59.7 Å². The first-order valence-electron chi connectivity index (χ1n) is 12.7. The van der Waals surface area contributed by atoms with Crippen LogP contribution >= 0.6 is 0 Å². The monoisotopic (exact) mass is 515 g/mol. The number of hydrogen-bond donors (Lipinski definition) is 3. The van der Waals surface area contributed by atoms with Crippen molar-refractivity contribution in [2.75, 3.05) is 61.1 Å². The molecule has 0 heterocycles. The number of hydrogen-bond acceptors (Lipinski definition) is 8. The normalized spacial score (nSPS) is 14.5. The number of benzene rings is 2.